The number of carbonyl (C=O) groups excluding carboxylic acids is 3. The van der Waals surface area contributed by atoms with Crippen molar-refractivity contribution in [3.05, 3.63) is 55.6 Å². The Balaban J connectivity index is 1.79. The lowest BCUT2D eigenvalue weighted by Gasteiger charge is -2.41. The number of para-hydroxylation sites is 1. The quantitative estimate of drug-likeness (QED) is 0.335. The first-order valence-electron chi connectivity index (χ1n) is 14.8. The minimum atomic E-state index is -0.717. The second kappa shape index (κ2) is 12.9. The van der Waals surface area contributed by atoms with E-state index in [1.807, 2.05) is 49.1 Å². The third-order valence-corrected chi connectivity index (χ3v) is 11.1. The van der Waals surface area contributed by atoms with Gasteiger partial charge in [0.25, 0.3) is 0 Å². The number of hydrogen-bond acceptors (Lipinski definition) is 5. The zero-order chi connectivity index (χ0) is 29.0. The van der Waals surface area contributed by atoms with Gasteiger partial charge in [-0.2, -0.15) is 0 Å². The molecule has 2 unspecified atom stereocenters. The van der Waals surface area contributed by atoms with Gasteiger partial charge >= 0.3 is 0 Å². The topological polar surface area (TPSA) is 81.2 Å². The molecule has 3 aliphatic heterocycles. The summed E-state index contributed by atoms with van der Waals surface area (Å²) in [5.41, 5.74) is 0.772. The molecule has 0 saturated carbocycles. The van der Waals surface area contributed by atoms with Gasteiger partial charge in [-0.25, -0.2) is 0 Å². The van der Waals surface area contributed by atoms with Crippen LogP contribution >= 0.6 is 11.8 Å². The monoisotopic (exact) mass is 567 g/mol. The van der Waals surface area contributed by atoms with Gasteiger partial charge in [-0.05, 0) is 37.3 Å². The molecule has 8 heteroatoms. The number of thioether (sulfide) groups is 1. The normalized spacial score (nSPS) is 28.2. The van der Waals surface area contributed by atoms with Crippen LogP contribution in [0.1, 0.15) is 52.9 Å². The van der Waals surface area contributed by atoms with E-state index < -0.39 is 28.7 Å². The van der Waals surface area contributed by atoms with Gasteiger partial charge in [0.1, 0.15) is 6.04 Å². The number of rotatable bonds is 14. The minimum Gasteiger partial charge on any atom is -0.394 e. The summed E-state index contributed by atoms with van der Waals surface area (Å²) in [5.74, 6) is -1.48. The Morgan fingerprint density at radius 3 is 2.48 bits per heavy atom. The Hall–Kier alpha value is -2.58. The van der Waals surface area contributed by atoms with Gasteiger partial charge in [0, 0.05) is 30.6 Å². The first-order valence-corrected chi connectivity index (χ1v) is 15.7. The molecule has 1 N–H and O–H groups in total. The van der Waals surface area contributed by atoms with Crippen LogP contribution in [0.2, 0.25) is 0 Å². The van der Waals surface area contributed by atoms with Crippen LogP contribution in [0, 0.1) is 17.8 Å². The highest BCUT2D eigenvalue weighted by molar-refractivity contribution is 8.02. The first kappa shape index (κ1) is 30.4. The lowest BCUT2D eigenvalue weighted by molar-refractivity contribution is -0.146. The van der Waals surface area contributed by atoms with E-state index in [4.69, 9.17) is 0 Å². The van der Waals surface area contributed by atoms with Crippen LogP contribution in [0.4, 0.5) is 5.69 Å². The van der Waals surface area contributed by atoms with E-state index in [9.17, 15) is 19.5 Å². The third kappa shape index (κ3) is 5.13. The number of fused-ring (bicyclic) bond motifs is 1. The van der Waals surface area contributed by atoms with Crippen molar-refractivity contribution in [3.8, 4) is 0 Å². The number of anilines is 1. The molecular weight excluding hydrogens is 522 g/mol. The van der Waals surface area contributed by atoms with Crippen molar-refractivity contribution in [2.75, 3.05) is 31.1 Å². The maximum atomic E-state index is 14.6. The van der Waals surface area contributed by atoms with Crippen molar-refractivity contribution >= 4 is 35.2 Å². The van der Waals surface area contributed by atoms with Crippen LogP contribution in [0.25, 0.3) is 0 Å². The highest BCUT2D eigenvalue weighted by atomic mass is 32.2. The molecule has 0 aliphatic carbocycles. The average molecular weight is 568 g/mol. The smallest absolute Gasteiger partial charge is 0.247 e. The molecule has 7 atom stereocenters. The van der Waals surface area contributed by atoms with Crippen LogP contribution in [0.5, 0.6) is 0 Å². The predicted octanol–water partition coefficient (Wildman–Crippen LogP) is 4.52. The molecule has 2 bridgehead atoms. The maximum Gasteiger partial charge on any atom is 0.247 e. The molecule has 3 fully saturated rings. The zero-order valence-corrected chi connectivity index (χ0v) is 25.0. The number of aliphatic hydroxyl groups is 1. The van der Waals surface area contributed by atoms with Crippen LogP contribution in [-0.4, -0.2) is 80.9 Å². The van der Waals surface area contributed by atoms with Gasteiger partial charge in [-0.1, -0.05) is 64.0 Å². The van der Waals surface area contributed by atoms with Gasteiger partial charge in [0.05, 0.1) is 29.2 Å². The maximum absolute atomic E-state index is 14.6. The lowest BCUT2D eigenvalue weighted by Crippen LogP contribution is -2.58. The van der Waals surface area contributed by atoms with E-state index in [0.717, 1.165) is 31.4 Å². The van der Waals surface area contributed by atoms with Crippen molar-refractivity contribution in [3.63, 3.8) is 0 Å². The van der Waals surface area contributed by atoms with E-state index >= 15 is 0 Å². The highest BCUT2D eigenvalue weighted by Gasteiger charge is 2.74. The molecule has 40 heavy (non-hydrogen) atoms. The van der Waals surface area contributed by atoms with E-state index in [0.29, 0.717) is 26.1 Å². The summed E-state index contributed by atoms with van der Waals surface area (Å²) in [6.45, 7) is 15.0. The molecule has 3 amide bonds. The van der Waals surface area contributed by atoms with Crippen LogP contribution in [0.15, 0.2) is 55.6 Å². The fourth-order valence-electron chi connectivity index (χ4n) is 7.03. The Morgan fingerprint density at radius 1 is 1.18 bits per heavy atom. The molecule has 4 rings (SSSR count). The number of benzene rings is 1. The predicted molar refractivity (Wildman–Crippen MR) is 162 cm³/mol. The third-order valence-electron chi connectivity index (χ3n) is 9.19. The number of nitrogens with zero attached hydrogens (tertiary/aromatic N) is 3. The van der Waals surface area contributed by atoms with Gasteiger partial charge in [-0.15, -0.1) is 24.9 Å². The van der Waals surface area contributed by atoms with Gasteiger partial charge in [0.2, 0.25) is 17.7 Å². The standard InChI is InChI=1S/C32H45N3O4S/c1-6-10-20-33(18-7-2)31(39)28-32-17-16-25(40-32)26(27(32)30(38)35(28)24(21-36)22(5)9-4)29(37)34(19-8-3)23-14-12-11-13-15-23/h7-8,11-15,22,24-28,36H,2-3,6,9-10,16-21H2,1,4-5H3/t22-,24-,25-,26+,27-,28?,32?/m0/s1. The summed E-state index contributed by atoms with van der Waals surface area (Å²) in [4.78, 5) is 48.6. The summed E-state index contributed by atoms with van der Waals surface area (Å²) in [6, 6.07) is 8.30. The summed E-state index contributed by atoms with van der Waals surface area (Å²) in [6.07, 6.45) is 7.50. The molecule has 1 spiro atoms. The number of carbonyl (C=O) groups is 3. The average Bonchev–Trinajstić information content (AvgIpc) is 3.61. The molecular formula is C32H45N3O4S. The summed E-state index contributed by atoms with van der Waals surface area (Å²) < 4.78 is -0.692. The van der Waals surface area contributed by atoms with Crippen LogP contribution in [0.3, 0.4) is 0 Å². The van der Waals surface area contributed by atoms with Crippen molar-refractivity contribution in [1.29, 1.82) is 0 Å². The van der Waals surface area contributed by atoms with E-state index in [1.165, 1.54) is 0 Å². The Morgan fingerprint density at radius 2 is 1.88 bits per heavy atom. The van der Waals surface area contributed by atoms with Crippen LogP contribution < -0.4 is 4.90 Å². The fourth-order valence-corrected chi connectivity index (χ4v) is 9.22. The molecule has 218 valence electrons. The molecule has 1 aromatic carbocycles. The van der Waals surface area contributed by atoms with Gasteiger partial charge < -0.3 is 19.8 Å². The molecule has 3 saturated heterocycles. The van der Waals surface area contributed by atoms with Crippen molar-refractivity contribution in [1.82, 2.24) is 9.80 Å². The second-order valence-corrected chi connectivity index (χ2v) is 13.0. The number of amides is 3. The fraction of sp³-hybridized carbons (Fsp3) is 0.594. The van der Waals surface area contributed by atoms with E-state index in [1.54, 1.807) is 33.7 Å². The number of unbranched alkanes of at least 4 members (excludes halogenated alkanes) is 1. The molecule has 3 heterocycles. The van der Waals surface area contributed by atoms with Crippen molar-refractivity contribution < 1.29 is 19.5 Å². The van der Waals surface area contributed by atoms with Gasteiger partial charge in [-0.3, -0.25) is 14.4 Å². The van der Waals surface area contributed by atoms with E-state index in [-0.39, 0.29) is 35.5 Å². The number of aliphatic hydroxyl groups excluding tert-OH is 1. The molecule has 7 nitrogen and oxygen atoms in total. The van der Waals surface area contributed by atoms with E-state index in [2.05, 4.69) is 20.1 Å². The molecule has 0 aromatic heterocycles. The Labute approximate surface area is 243 Å². The summed E-state index contributed by atoms with van der Waals surface area (Å²) in [7, 11) is 0. The minimum absolute atomic E-state index is 0.000840. The van der Waals surface area contributed by atoms with Crippen molar-refractivity contribution in [2.45, 2.75) is 75.0 Å². The largest absolute Gasteiger partial charge is 0.394 e. The molecule has 0 radical (unpaired) electrons. The van der Waals surface area contributed by atoms with Crippen LogP contribution in [-0.2, 0) is 14.4 Å². The summed E-state index contributed by atoms with van der Waals surface area (Å²) >= 11 is 1.68. The Bertz CT molecular complexity index is 1100. The highest BCUT2D eigenvalue weighted by Crippen LogP contribution is 2.67. The Kier molecular flexibility index (Phi) is 9.83. The zero-order valence-electron chi connectivity index (χ0n) is 24.2. The summed E-state index contributed by atoms with van der Waals surface area (Å²) in [5, 5.41) is 10.5. The number of likely N-dealkylation sites (tertiary alicyclic amines) is 1. The van der Waals surface area contributed by atoms with Crippen molar-refractivity contribution in [2.24, 2.45) is 17.8 Å². The molecule has 3 aliphatic rings. The molecule has 1 aromatic rings. The SMILES string of the molecule is C=CCN(CCCC)C(=O)C1N([C@@H](CO)[C@@H](C)CC)C(=O)[C@@H]2[C@H](C(=O)N(CC=C)c3ccccc3)[C@@H]3CCC12S3. The van der Waals surface area contributed by atoms with Gasteiger partial charge in [0.15, 0.2) is 0 Å². The lowest BCUT2D eigenvalue weighted by atomic mass is 9.70. The number of hydrogen-bond donors (Lipinski definition) is 1. The first-order chi connectivity index (χ1) is 19.3. The second-order valence-electron chi connectivity index (χ2n) is 11.4.